The number of para-hydroxylation sites is 1. The van der Waals surface area contributed by atoms with E-state index in [1.807, 2.05) is 37.3 Å². The first kappa shape index (κ1) is 11.5. The van der Waals surface area contributed by atoms with Gasteiger partial charge in [0, 0.05) is 18.0 Å². The molecule has 4 heteroatoms. The van der Waals surface area contributed by atoms with Crippen LogP contribution in [0.25, 0.3) is 10.9 Å². The van der Waals surface area contributed by atoms with Gasteiger partial charge < -0.3 is 11.1 Å². The zero-order valence-electron chi connectivity index (χ0n) is 9.68. The van der Waals surface area contributed by atoms with Crippen molar-refractivity contribution in [3.63, 3.8) is 0 Å². The fourth-order valence-corrected chi connectivity index (χ4v) is 1.55. The average Bonchev–Trinajstić information content (AvgIpc) is 2.38. The molecule has 88 valence electrons. The first-order chi connectivity index (χ1) is 8.20. The van der Waals surface area contributed by atoms with Crippen LogP contribution in [0.15, 0.2) is 36.4 Å². The summed E-state index contributed by atoms with van der Waals surface area (Å²) in [7, 11) is 0. The fraction of sp³-hybridized carbons (Fsp3) is 0.231. The molecule has 0 bridgehead atoms. The van der Waals surface area contributed by atoms with Crippen molar-refractivity contribution in [3.8, 4) is 0 Å². The summed E-state index contributed by atoms with van der Waals surface area (Å²) in [4.78, 5) is 16.1. The standard InChI is InChI=1S/C13H15N3O/c1-9(8-14)15-13(17)12-7-6-10-4-2-3-5-11(10)16-12/h2-7,9H,8,14H2,1H3,(H,15,17)/t9-/m1/s1. The number of nitrogens with two attached hydrogens (primary N) is 1. The van der Waals surface area contributed by atoms with E-state index in [0.29, 0.717) is 12.2 Å². The number of nitrogens with zero attached hydrogens (tertiary/aromatic N) is 1. The van der Waals surface area contributed by atoms with Crippen LogP contribution in [0.5, 0.6) is 0 Å². The van der Waals surface area contributed by atoms with E-state index in [1.165, 1.54) is 0 Å². The minimum absolute atomic E-state index is 0.0456. The van der Waals surface area contributed by atoms with Gasteiger partial charge in [-0.05, 0) is 19.1 Å². The number of pyridine rings is 1. The van der Waals surface area contributed by atoms with Gasteiger partial charge in [0.25, 0.3) is 5.91 Å². The van der Waals surface area contributed by atoms with Gasteiger partial charge in [0.15, 0.2) is 0 Å². The number of aromatic nitrogens is 1. The van der Waals surface area contributed by atoms with Crippen molar-refractivity contribution in [3.05, 3.63) is 42.1 Å². The summed E-state index contributed by atoms with van der Waals surface area (Å²) in [6, 6.07) is 11.3. The number of hydrogen-bond acceptors (Lipinski definition) is 3. The van der Waals surface area contributed by atoms with Crippen LogP contribution in [0.4, 0.5) is 0 Å². The molecule has 0 aliphatic heterocycles. The second-order valence-corrected chi connectivity index (χ2v) is 4.00. The molecule has 2 rings (SSSR count). The highest BCUT2D eigenvalue weighted by molar-refractivity contribution is 5.95. The normalized spacial score (nSPS) is 12.4. The zero-order chi connectivity index (χ0) is 12.3. The summed E-state index contributed by atoms with van der Waals surface area (Å²) in [5.41, 5.74) is 6.69. The third kappa shape index (κ3) is 2.60. The van der Waals surface area contributed by atoms with Crippen LogP contribution >= 0.6 is 0 Å². The number of hydrogen-bond donors (Lipinski definition) is 2. The maximum absolute atomic E-state index is 11.8. The average molecular weight is 229 g/mol. The lowest BCUT2D eigenvalue weighted by molar-refractivity contribution is 0.0936. The maximum Gasteiger partial charge on any atom is 0.270 e. The third-order valence-corrected chi connectivity index (χ3v) is 2.56. The molecule has 1 atom stereocenters. The minimum atomic E-state index is -0.186. The molecule has 0 saturated carbocycles. The van der Waals surface area contributed by atoms with Gasteiger partial charge in [0.2, 0.25) is 0 Å². The van der Waals surface area contributed by atoms with Gasteiger partial charge in [-0.3, -0.25) is 4.79 Å². The summed E-state index contributed by atoms with van der Waals surface area (Å²) in [5.74, 6) is -0.186. The minimum Gasteiger partial charge on any atom is -0.347 e. The number of amides is 1. The predicted octanol–water partition coefficient (Wildman–Crippen LogP) is 1.31. The van der Waals surface area contributed by atoms with Gasteiger partial charge in [-0.2, -0.15) is 0 Å². The molecule has 4 nitrogen and oxygen atoms in total. The summed E-state index contributed by atoms with van der Waals surface area (Å²) >= 11 is 0. The molecule has 17 heavy (non-hydrogen) atoms. The van der Waals surface area contributed by atoms with Crippen molar-refractivity contribution < 1.29 is 4.79 Å². The van der Waals surface area contributed by atoms with Crippen LogP contribution in [0.1, 0.15) is 17.4 Å². The Morgan fingerprint density at radius 3 is 2.88 bits per heavy atom. The summed E-state index contributed by atoms with van der Waals surface area (Å²) in [6.45, 7) is 2.28. The van der Waals surface area contributed by atoms with E-state index in [2.05, 4.69) is 10.3 Å². The number of nitrogens with one attached hydrogen (secondary N) is 1. The molecule has 0 saturated heterocycles. The lowest BCUT2D eigenvalue weighted by Gasteiger charge is -2.10. The highest BCUT2D eigenvalue weighted by atomic mass is 16.1. The van der Waals surface area contributed by atoms with Crippen molar-refractivity contribution in [1.29, 1.82) is 0 Å². The van der Waals surface area contributed by atoms with E-state index >= 15 is 0 Å². The van der Waals surface area contributed by atoms with Crippen LogP contribution in [-0.4, -0.2) is 23.5 Å². The largest absolute Gasteiger partial charge is 0.347 e. The Morgan fingerprint density at radius 2 is 2.12 bits per heavy atom. The monoisotopic (exact) mass is 229 g/mol. The third-order valence-electron chi connectivity index (χ3n) is 2.56. The Bertz CT molecular complexity index is 539. The van der Waals surface area contributed by atoms with E-state index in [0.717, 1.165) is 10.9 Å². The number of benzene rings is 1. The summed E-state index contributed by atoms with van der Waals surface area (Å²) in [6.07, 6.45) is 0. The van der Waals surface area contributed by atoms with Crippen molar-refractivity contribution in [2.75, 3.05) is 6.54 Å². The highest BCUT2D eigenvalue weighted by Gasteiger charge is 2.10. The number of rotatable bonds is 3. The zero-order valence-corrected chi connectivity index (χ0v) is 9.68. The van der Waals surface area contributed by atoms with Gasteiger partial charge in [-0.1, -0.05) is 24.3 Å². The van der Waals surface area contributed by atoms with Gasteiger partial charge >= 0.3 is 0 Å². The van der Waals surface area contributed by atoms with Crippen molar-refractivity contribution in [2.24, 2.45) is 5.73 Å². The van der Waals surface area contributed by atoms with Crippen molar-refractivity contribution >= 4 is 16.8 Å². The van der Waals surface area contributed by atoms with Crippen LogP contribution in [0.3, 0.4) is 0 Å². The molecule has 0 aliphatic carbocycles. The fourth-order valence-electron chi connectivity index (χ4n) is 1.55. The molecule has 1 aromatic heterocycles. The second kappa shape index (κ2) is 4.93. The molecular formula is C13H15N3O. The lowest BCUT2D eigenvalue weighted by Crippen LogP contribution is -2.38. The molecule has 3 N–H and O–H groups in total. The Labute approximate surface area is 99.8 Å². The van der Waals surface area contributed by atoms with E-state index in [4.69, 9.17) is 5.73 Å². The highest BCUT2D eigenvalue weighted by Crippen LogP contribution is 2.11. The van der Waals surface area contributed by atoms with E-state index < -0.39 is 0 Å². The predicted molar refractivity (Wildman–Crippen MR) is 67.7 cm³/mol. The van der Waals surface area contributed by atoms with Crippen molar-refractivity contribution in [1.82, 2.24) is 10.3 Å². The van der Waals surface area contributed by atoms with Gasteiger partial charge in [0.1, 0.15) is 5.69 Å². The Morgan fingerprint density at radius 1 is 1.35 bits per heavy atom. The number of carbonyl (C=O) groups is 1. The maximum atomic E-state index is 11.8. The number of carbonyl (C=O) groups excluding carboxylic acids is 1. The van der Waals surface area contributed by atoms with Gasteiger partial charge in [0.05, 0.1) is 5.52 Å². The van der Waals surface area contributed by atoms with E-state index in [-0.39, 0.29) is 11.9 Å². The van der Waals surface area contributed by atoms with E-state index in [9.17, 15) is 4.79 Å². The Hall–Kier alpha value is -1.94. The molecule has 0 spiro atoms. The molecule has 0 aliphatic rings. The van der Waals surface area contributed by atoms with E-state index in [1.54, 1.807) is 6.07 Å². The molecule has 0 unspecified atom stereocenters. The molecule has 1 aromatic carbocycles. The first-order valence-electron chi connectivity index (χ1n) is 5.57. The van der Waals surface area contributed by atoms with Crippen LogP contribution < -0.4 is 11.1 Å². The lowest BCUT2D eigenvalue weighted by atomic mass is 10.2. The van der Waals surface area contributed by atoms with Crippen molar-refractivity contribution in [2.45, 2.75) is 13.0 Å². The van der Waals surface area contributed by atoms with Crippen LogP contribution in [-0.2, 0) is 0 Å². The molecule has 1 amide bonds. The van der Waals surface area contributed by atoms with Crippen LogP contribution in [0.2, 0.25) is 0 Å². The molecule has 1 heterocycles. The molecule has 0 radical (unpaired) electrons. The summed E-state index contributed by atoms with van der Waals surface area (Å²) < 4.78 is 0. The quantitative estimate of drug-likeness (QED) is 0.833. The van der Waals surface area contributed by atoms with Crippen LogP contribution in [0, 0.1) is 0 Å². The topological polar surface area (TPSA) is 68.0 Å². The summed E-state index contributed by atoms with van der Waals surface area (Å²) in [5, 5.41) is 3.81. The molecule has 0 fully saturated rings. The smallest absolute Gasteiger partial charge is 0.270 e. The molecular weight excluding hydrogens is 214 g/mol. The second-order valence-electron chi connectivity index (χ2n) is 4.00. The Kier molecular flexibility index (Phi) is 3.35. The number of fused-ring (bicyclic) bond motifs is 1. The molecule has 2 aromatic rings. The first-order valence-corrected chi connectivity index (χ1v) is 5.57. The van der Waals surface area contributed by atoms with Gasteiger partial charge in [-0.15, -0.1) is 0 Å². The SMILES string of the molecule is C[C@H](CN)NC(=O)c1ccc2ccccc2n1. The van der Waals surface area contributed by atoms with Gasteiger partial charge in [-0.25, -0.2) is 4.98 Å². The Balaban J connectivity index is 2.27.